The lowest BCUT2D eigenvalue weighted by Crippen LogP contribution is -2.40. The second kappa shape index (κ2) is 7.66. The highest BCUT2D eigenvalue weighted by molar-refractivity contribution is 6.31. The van der Waals surface area contributed by atoms with E-state index in [0.29, 0.717) is 24.7 Å². The number of hydrogen-bond donors (Lipinski definition) is 0. The minimum absolute atomic E-state index is 0.0611. The van der Waals surface area contributed by atoms with Gasteiger partial charge in [0.2, 0.25) is 0 Å². The summed E-state index contributed by atoms with van der Waals surface area (Å²) in [6.45, 7) is 6.59. The molecule has 3 heterocycles. The van der Waals surface area contributed by atoms with Crippen LogP contribution in [0.1, 0.15) is 55.7 Å². The number of nitrogens with zero attached hydrogens (tertiary/aromatic N) is 1. The molecule has 4 nitrogen and oxygen atoms in total. The molecular weight excluding hydrogens is 434 g/mol. The van der Waals surface area contributed by atoms with Crippen LogP contribution in [-0.4, -0.2) is 30.4 Å². The average Bonchev–Trinajstić information content (AvgIpc) is 3.01. The third-order valence-corrected chi connectivity index (χ3v) is 7.59. The molecule has 170 valence electrons. The van der Waals surface area contributed by atoms with Gasteiger partial charge in [0.15, 0.2) is 17.3 Å². The zero-order valence-electron chi connectivity index (χ0n) is 19.1. The van der Waals surface area contributed by atoms with Gasteiger partial charge in [0, 0.05) is 52.9 Å². The van der Waals surface area contributed by atoms with Crippen molar-refractivity contribution in [1.82, 2.24) is 4.90 Å². The maximum absolute atomic E-state index is 13.5. The summed E-state index contributed by atoms with van der Waals surface area (Å²) in [6, 6.07) is 12.2. The maximum Gasteiger partial charge on any atom is 0.162 e. The van der Waals surface area contributed by atoms with Crippen LogP contribution >= 0.6 is 11.6 Å². The third-order valence-electron chi connectivity index (χ3n) is 7.24. The van der Waals surface area contributed by atoms with E-state index < -0.39 is 0 Å². The van der Waals surface area contributed by atoms with E-state index in [0.717, 1.165) is 59.8 Å². The normalized spacial score (nSPS) is 23.2. The first-order chi connectivity index (χ1) is 15.9. The van der Waals surface area contributed by atoms with Crippen LogP contribution in [0.5, 0.6) is 11.5 Å². The molecule has 33 heavy (non-hydrogen) atoms. The molecule has 1 aliphatic carbocycles. The second-order valence-electron chi connectivity index (χ2n) is 10.3. The number of carbonyl (C=O) groups is 1. The number of allylic oxidation sites excluding steroid dienone is 3. The van der Waals surface area contributed by atoms with Crippen molar-refractivity contribution in [2.75, 3.05) is 19.8 Å². The van der Waals surface area contributed by atoms with Crippen molar-refractivity contribution in [3.05, 3.63) is 75.5 Å². The van der Waals surface area contributed by atoms with Gasteiger partial charge < -0.3 is 14.4 Å². The quantitative estimate of drug-likeness (QED) is 0.511. The monoisotopic (exact) mass is 461 g/mol. The van der Waals surface area contributed by atoms with E-state index in [1.165, 1.54) is 11.1 Å². The van der Waals surface area contributed by atoms with Gasteiger partial charge in [-0.1, -0.05) is 43.6 Å². The van der Waals surface area contributed by atoms with Crippen LogP contribution in [0.15, 0.2) is 53.7 Å². The van der Waals surface area contributed by atoms with Crippen molar-refractivity contribution >= 4 is 23.1 Å². The molecule has 0 saturated heterocycles. The Morgan fingerprint density at radius 1 is 1.06 bits per heavy atom. The molecule has 0 unspecified atom stereocenters. The minimum atomic E-state index is -0.148. The maximum atomic E-state index is 13.5. The Kier molecular flexibility index (Phi) is 4.84. The van der Waals surface area contributed by atoms with Crippen molar-refractivity contribution in [1.29, 1.82) is 0 Å². The van der Waals surface area contributed by atoms with Crippen molar-refractivity contribution < 1.29 is 14.3 Å². The lowest BCUT2D eigenvalue weighted by atomic mass is 9.69. The number of Topliss-reactive ketones (excluding diaryl/α,β-unsaturated/α-hetero) is 1. The van der Waals surface area contributed by atoms with Gasteiger partial charge in [-0.25, -0.2) is 0 Å². The van der Waals surface area contributed by atoms with Crippen molar-refractivity contribution in [2.24, 2.45) is 5.41 Å². The highest BCUT2D eigenvalue weighted by Gasteiger charge is 2.43. The summed E-state index contributed by atoms with van der Waals surface area (Å²) in [5, 5.41) is 0.701. The first kappa shape index (κ1) is 20.9. The van der Waals surface area contributed by atoms with Gasteiger partial charge >= 0.3 is 0 Å². The molecule has 1 atom stereocenters. The molecule has 4 aliphatic rings. The van der Waals surface area contributed by atoms with E-state index in [9.17, 15) is 4.79 Å². The first-order valence-corrected chi connectivity index (χ1v) is 12.2. The Morgan fingerprint density at radius 3 is 2.61 bits per heavy atom. The largest absolute Gasteiger partial charge is 0.490 e. The molecule has 0 radical (unpaired) electrons. The van der Waals surface area contributed by atoms with Crippen LogP contribution in [0.2, 0.25) is 5.02 Å². The highest BCUT2D eigenvalue weighted by Crippen LogP contribution is 2.52. The van der Waals surface area contributed by atoms with Gasteiger partial charge in [-0.3, -0.25) is 4.79 Å². The van der Waals surface area contributed by atoms with Gasteiger partial charge in [-0.2, -0.15) is 0 Å². The number of hydrogen-bond acceptors (Lipinski definition) is 4. The molecule has 6 rings (SSSR count). The van der Waals surface area contributed by atoms with E-state index >= 15 is 0 Å². The summed E-state index contributed by atoms with van der Waals surface area (Å²) < 4.78 is 12.0. The van der Waals surface area contributed by atoms with Crippen LogP contribution in [0.4, 0.5) is 0 Å². The lowest BCUT2D eigenvalue weighted by Gasteiger charge is -2.46. The Labute approximate surface area is 199 Å². The summed E-state index contributed by atoms with van der Waals surface area (Å²) in [7, 11) is 0. The summed E-state index contributed by atoms with van der Waals surface area (Å²) in [5.74, 6) is 1.74. The standard InChI is InChI=1S/C28H28ClNO3/c1-28(2)15-23-27(24(31)16-28)20(18-6-3-4-7-21(18)29)13-22-19-14-26-25(32-10-5-11-33-26)12-17(19)8-9-30(22)23/h3-4,6-7,12-14,20H,5,8-11,15-16H2,1-2H3/t20-/m0/s1. The molecular formula is C28H28ClNO3. The van der Waals surface area contributed by atoms with Crippen LogP contribution in [-0.2, 0) is 11.2 Å². The third kappa shape index (κ3) is 3.47. The molecule has 0 bridgehead atoms. The molecule has 0 spiro atoms. The molecule has 0 fully saturated rings. The Bertz CT molecular complexity index is 1230. The molecule has 0 aromatic heterocycles. The summed E-state index contributed by atoms with van der Waals surface area (Å²) >= 11 is 6.67. The molecule has 0 amide bonds. The minimum Gasteiger partial charge on any atom is -0.490 e. The lowest BCUT2D eigenvalue weighted by molar-refractivity contribution is -0.118. The Morgan fingerprint density at radius 2 is 1.82 bits per heavy atom. The molecule has 3 aliphatic heterocycles. The fourth-order valence-electron chi connectivity index (χ4n) is 5.76. The topological polar surface area (TPSA) is 38.8 Å². The second-order valence-corrected chi connectivity index (χ2v) is 10.7. The number of ether oxygens (including phenoxy) is 2. The van der Waals surface area contributed by atoms with Crippen LogP contribution in [0.25, 0.3) is 5.70 Å². The summed E-state index contributed by atoms with van der Waals surface area (Å²) in [4.78, 5) is 15.9. The Hall–Kier alpha value is -2.72. The SMILES string of the molecule is CC1(C)CC(=O)C2=C(C1)N1CCc3cc4c(cc3C1=C[C@H]2c1ccccc1Cl)OCCCO4. The van der Waals surface area contributed by atoms with Gasteiger partial charge in [0.05, 0.1) is 13.2 Å². The number of rotatable bonds is 1. The van der Waals surface area contributed by atoms with Crippen LogP contribution < -0.4 is 9.47 Å². The van der Waals surface area contributed by atoms with Crippen molar-refractivity contribution in [3.63, 3.8) is 0 Å². The fourth-order valence-corrected chi connectivity index (χ4v) is 6.02. The van der Waals surface area contributed by atoms with Crippen molar-refractivity contribution in [3.8, 4) is 11.5 Å². The summed E-state index contributed by atoms with van der Waals surface area (Å²) in [6.07, 6.45) is 5.49. The zero-order chi connectivity index (χ0) is 22.7. The first-order valence-electron chi connectivity index (χ1n) is 11.8. The van der Waals surface area contributed by atoms with E-state index in [1.54, 1.807) is 0 Å². The van der Waals surface area contributed by atoms with E-state index in [2.05, 4.69) is 43.0 Å². The number of benzene rings is 2. The Balaban J connectivity index is 1.55. The average molecular weight is 462 g/mol. The van der Waals surface area contributed by atoms with Gasteiger partial charge in [-0.15, -0.1) is 0 Å². The smallest absolute Gasteiger partial charge is 0.162 e. The molecule has 0 saturated carbocycles. The van der Waals surface area contributed by atoms with Crippen LogP contribution in [0.3, 0.4) is 0 Å². The van der Waals surface area contributed by atoms with Gasteiger partial charge in [-0.05, 0) is 53.7 Å². The molecule has 2 aromatic carbocycles. The molecule has 0 N–H and O–H groups in total. The summed E-state index contributed by atoms with van der Waals surface area (Å²) in [5.41, 5.74) is 6.61. The zero-order valence-corrected chi connectivity index (χ0v) is 19.9. The number of fused-ring (bicyclic) bond motifs is 5. The number of carbonyl (C=O) groups excluding carboxylic acids is 1. The molecule has 5 heteroatoms. The number of halogens is 1. The van der Waals surface area contributed by atoms with Crippen LogP contribution in [0, 0.1) is 5.41 Å². The number of ketones is 1. The predicted molar refractivity (Wildman–Crippen MR) is 130 cm³/mol. The highest BCUT2D eigenvalue weighted by atomic mass is 35.5. The van der Waals surface area contributed by atoms with Gasteiger partial charge in [0.1, 0.15) is 0 Å². The molecule has 2 aromatic rings. The fraction of sp³-hybridized carbons (Fsp3) is 0.393. The predicted octanol–water partition coefficient (Wildman–Crippen LogP) is 6.14. The van der Waals surface area contributed by atoms with E-state index in [1.807, 2.05) is 18.2 Å². The van der Waals surface area contributed by atoms with Gasteiger partial charge in [0.25, 0.3) is 0 Å². The van der Waals surface area contributed by atoms with E-state index in [-0.39, 0.29) is 17.1 Å². The van der Waals surface area contributed by atoms with E-state index in [4.69, 9.17) is 21.1 Å². The van der Waals surface area contributed by atoms with Crippen molar-refractivity contribution in [2.45, 2.75) is 45.4 Å².